The van der Waals surface area contributed by atoms with Crippen molar-refractivity contribution in [3.8, 4) is 11.4 Å². The third-order valence-corrected chi connectivity index (χ3v) is 13.0. The van der Waals surface area contributed by atoms with Crippen LogP contribution in [-0.4, -0.2) is 19.1 Å². The molecule has 2 unspecified atom stereocenters. The number of pyridine rings is 2. The maximum atomic E-state index is 5.04. The molecule has 4 heteroatoms. The van der Waals surface area contributed by atoms with Crippen molar-refractivity contribution < 1.29 is 0 Å². The normalized spacial score (nSPS) is 14.5. The lowest BCUT2D eigenvalue weighted by Gasteiger charge is -2.33. The first-order valence-corrected chi connectivity index (χ1v) is 21.1. The van der Waals surface area contributed by atoms with Crippen LogP contribution in [0.25, 0.3) is 55.0 Å². The second kappa shape index (κ2) is 14.8. The molecule has 4 aromatic heterocycles. The Labute approximate surface area is 326 Å². The van der Waals surface area contributed by atoms with Gasteiger partial charge in [0.2, 0.25) is 0 Å². The first-order chi connectivity index (χ1) is 27.1. The van der Waals surface area contributed by atoms with Gasteiger partial charge >= 0.3 is 0 Å². The van der Waals surface area contributed by atoms with Crippen LogP contribution in [0.2, 0.25) is 0 Å². The number of unbranched alkanes of at least 4 members (excludes halogenated alkanes) is 2. The second-order valence-electron chi connectivity index (χ2n) is 16.1. The number of benzene rings is 4. The van der Waals surface area contributed by atoms with Gasteiger partial charge in [0.25, 0.3) is 0 Å². The lowest BCUT2D eigenvalue weighted by Crippen LogP contribution is -2.28. The summed E-state index contributed by atoms with van der Waals surface area (Å²) in [6.07, 6.45) is 13.8. The van der Waals surface area contributed by atoms with Crippen molar-refractivity contribution in [3.63, 3.8) is 0 Å². The molecular weight excluding hydrogens is 669 g/mol. The van der Waals surface area contributed by atoms with Crippen LogP contribution in [0.1, 0.15) is 101 Å². The number of rotatable bonds is 14. The first-order valence-electron chi connectivity index (χ1n) is 21.1. The van der Waals surface area contributed by atoms with Gasteiger partial charge in [0.05, 0.1) is 16.8 Å². The van der Waals surface area contributed by atoms with E-state index in [9.17, 15) is 0 Å². The van der Waals surface area contributed by atoms with Gasteiger partial charge in [-0.3, -0.25) is 9.97 Å². The molecule has 4 heterocycles. The zero-order valence-corrected chi connectivity index (χ0v) is 33.1. The Balaban J connectivity index is 1.30. The zero-order valence-electron chi connectivity index (χ0n) is 33.1. The quantitative estimate of drug-likeness (QED) is 0.112. The molecule has 1 aliphatic carbocycles. The molecule has 55 heavy (non-hydrogen) atoms. The molecule has 1 aliphatic rings. The Kier molecular flexibility index (Phi) is 9.54. The highest BCUT2D eigenvalue weighted by atomic mass is 15.0. The van der Waals surface area contributed by atoms with Gasteiger partial charge in [0, 0.05) is 69.1 Å². The molecule has 0 spiro atoms. The minimum atomic E-state index is -0.595. The Bertz CT molecular complexity index is 2460. The van der Waals surface area contributed by atoms with Crippen LogP contribution in [0, 0.1) is 11.8 Å². The van der Waals surface area contributed by atoms with Gasteiger partial charge in [-0.2, -0.15) is 0 Å². The molecule has 0 saturated carbocycles. The van der Waals surface area contributed by atoms with Crippen LogP contribution >= 0.6 is 0 Å². The van der Waals surface area contributed by atoms with Crippen LogP contribution in [0.4, 0.5) is 0 Å². The van der Waals surface area contributed by atoms with Gasteiger partial charge < -0.3 is 9.13 Å². The number of hydrogen-bond acceptors (Lipinski definition) is 2. The summed E-state index contributed by atoms with van der Waals surface area (Å²) in [5, 5.41) is 5.28. The van der Waals surface area contributed by atoms with E-state index in [1.165, 1.54) is 117 Å². The van der Waals surface area contributed by atoms with Crippen LogP contribution in [-0.2, 0) is 18.5 Å². The molecule has 0 fully saturated rings. The molecule has 0 N–H and O–H groups in total. The van der Waals surface area contributed by atoms with E-state index in [-0.39, 0.29) is 0 Å². The Morgan fingerprint density at radius 3 is 1.36 bits per heavy atom. The third-order valence-electron chi connectivity index (χ3n) is 13.0. The van der Waals surface area contributed by atoms with Crippen molar-refractivity contribution in [2.45, 2.75) is 97.6 Å². The van der Waals surface area contributed by atoms with Crippen molar-refractivity contribution in [2.75, 3.05) is 0 Å². The summed E-state index contributed by atoms with van der Waals surface area (Å²) in [6, 6.07) is 41.6. The summed E-state index contributed by atoms with van der Waals surface area (Å²) in [6.45, 7) is 11.4. The SMILES string of the molecule is CCCCC(CC)Cn1c2ccccc2c2cc(C3(c4ccc5c(c4)c4ccccc4n5CC(CC)CCCC)c4cccnc4-c4ncccc43)ccc21. The summed E-state index contributed by atoms with van der Waals surface area (Å²) in [5.41, 5.74) is 11.6. The van der Waals surface area contributed by atoms with Crippen molar-refractivity contribution in [1.29, 1.82) is 0 Å². The molecule has 0 amide bonds. The van der Waals surface area contributed by atoms with Crippen molar-refractivity contribution in [2.24, 2.45) is 11.8 Å². The molecule has 0 radical (unpaired) electrons. The predicted octanol–water partition coefficient (Wildman–Crippen LogP) is 13.5. The molecule has 0 aliphatic heterocycles. The van der Waals surface area contributed by atoms with Crippen molar-refractivity contribution in [3.05, 3.63) is 144 Å². The van der Waals surface area contributed by atoms with Gasteiger partial charge in [-0.05, 0) is 95.5 Å². The minimum Gasteiger partial charge on any atom is -0.340 e. The van der Waals surface area contributed by atoms with Gasteiger partial charge in [-0.1, -0.05) is 127 Å². The Hall–Kier alpha value is -5.22. The summed E-state index contributed by atoms with van der Waals surface area (Å²) < 4.78 is 5.21. The lowest BCUT2D eigenvalue weighted by molar-refractivity contribution is 0.401. The maximum Gasteiger partial charge on any atom is 0.0937 e. The zero-order chi connectivity index (χ0) is 37.5. The molecule has 2 atom stereocenters. The molecule has 278 valence electrons. The van der Waals surface area contributed by atoms with Crippen molar-refractivity contribution >= 4 is 43.6 Å². The van der Waals surface area contributed by atoms with E-state index in [2.05, 4.69) is 146 Å². The van der Waals surface area contributed by atoms with E-state index < -0.39 is 5.41 Å². The van der Waals surface area contributed by atoms with E-state index >= 15 is 0 Å². The molecule has 4 nitrogen and oxygen atoms in total. The number of aromatic nitrogens is 4. The topological polar surface area (TPSA) is 35.6 Å². The predicted molar refractivity (Wildman–Crippen MR) is 232 cm³/mol. The number of nitrogens with zero attached hydrogens (tertiary/aromatic N) is 4. The van der Waals surface area contributed by atoms with E-state index in [0.29, 0.717) is 11.8 Å². The monoisotopic (exact) mass is 722 g/mol. The highest BCUT2D eigenvalue weighted by Crippen LogP contribution is 2.56. The molecule has 0 bridgehead atoms. The number of fused-ring (bicyclic) bond motifs is 9. The van der Waals surface area contributed by atoms with E-state index in [1.807, 2.05) is 12.4 Å². The lowest BCUT2D eigenvalue weighted by atomic mass is 9.67. The van der Waals surface area contributed by atoms with Gasteiger partial charge in [-0.15, -0.1) is 0 Å². The molecular formula is C51H54N4. The van der Waals surface area contributed by atoms with E-state index in [4.69, 9.17) is 9.97 Å². The van der Waals surface area contributed by atoms with Crippen LogP contribution in [0.15, 0.2) is 122 Å². The standard InChI is InChI=1S/C51H54N4/c1-5-9-17-35(7-3)33-54-45-23-13-11-19-39(45)41-31-37(25-27-47(41)54)51(43-21-15-29-52-49(43)50-44(51)22-16-30-53-50)38-26-28-48-42(32-38)40-20-12-14-24-46(40)55(48)34-36(8-4)18-10-6-2/h11-16,19-32,35-36H,5-10,17-18,33-34H2,1-4H3. The van der Waals surface area contributed by atoms with Gasteiger partial charge in [0.1, 0.15) is 0 Å². The second-order valence-corrected chi connectivity index (χ2v) is 16.1. The smallest absolute Gasteiger partial charge is 0.0937 e. The average molecular weight is 723 g/mol. The molecule has 8 aromatic rings. The minimum absolute atomic E-state index is 0.595. The van der Waals surface area contributed by atoms with Gasteiger partial charge in [-0.25, -0.2) is 0 Å². The van der Waals surface area contributed by atoms with Crippen LogP contribution in [0.3, 0.4) is 0 Å². The molecule has 0 saturated heterocycles. The molecule has 4 aromatic carbocycles. The average Bonchev–Trinajstić information content (AvgIpc) is 3.84. The third kappa shape index (κ3) is 5.71. The summed E-state index contributed by atoms with van der Waals surface area (Å²) >= 11 is 0. The largest absolute Gasteiger partial charge is 0.340 e. The van der Waals surface area contributed by atoms with E-state index in [1.54, 1.807) is 0 Å². The van der Waals surface area contributed by atoms with Crippen molar-refractivity contribution in [1.82, 2.24) is 19.1 Å². The summed E-state index contributed by atoms with van der Waals surface area (Å²) in [7, 11) is 0. The highest BCUT2D eigenvalue weighted by Gasteiger charge is 2.48. The van der Waals surface area contributed by atoms with Crippen LogP contribution < -0.4 is 0 Å². The number of hydrogen-bond donors (Lipinski definition) is 0. The fraction of sp³-hybridized carbons (Fsp3) is 0.333. The Morgan fingerprint density at radius 2 is 0.927 bits per heavy atom. The highest BCUT2D eigenvalue weighted by molar-refractivity contribution is 6.10. The summed E-state index contributed by atoms with van der Waals surface area (Å²) in [4.78, 5) is 10.1. The molecule has 9 rings (SSSR count). The fourth-order valence-electron chi connectivity index (χ4n) is 10.0. The fourth-order valence-corrected chi connectivity index (χ4v) is 10.0. The summed E-state index contributed by atoms with van der Waals surface area (Å²) in [5.74, 6) is 1.31. The number of para-hydroxylation sites is 2. The van der Waals surface area contributed by atoms with E-state index in [0.717, 1.165) is 24.5 Å². The Morgan fingerprint density at radius 1 is 0.491 bits per heavy atom. The first kappa shape index (κ1) is 35.5. The van der Waals surface area contributed by atoms with Gasteiger partial charge in [0.15, 0.2) is 0 Å². The maximum absolute atomic E-state index is 5.04. The van der Waals surface area contributed by atoms with Crippen LogP contribution in [0.5, 0.6) is 0 Å².